The summed E-state index contributed by atoms with van der Waals surface area (Å²) < 4.78 is 14.2. The van der Waals surface area contributed by atoms with Gasteiger partial charge in [-0.3, -0.25) is 4.79 Å². The van der Waals surface area contributed by atoms with Gasteiger partial charge in [0.05, 0.1) is 11.9 Å². The maximum Gasteiger partial charge on any atom is 0.257 e. The van der Waals surface area contributed by atoms with Gasteiger partial charge in [-0.2, -0.15) is 0 Å². The van der Waals surface area contributed by atoms with E-state index in [4.69, 9.17) is 5.73 Å². The normalized spacial score (nSPS) is 11.4. The fourth-order valence-electron chi connectivity index (χ4n) is 1.78. The van der Waals surface area contributed by atoms with Crippen molar-refractivity contribution in [3.05, 3.63) is 66.3 Å². The molecule has 0 aliphatic carbocycles. The van der Waals surface area contributed by atoms with Crippen LogP contribution < -0.4 is 11.1 Å². The third-order valence-corrected chi connectivity index (χ3v) is 2.85. The fraction of sp³-hybridized carbons (Fsp3) is 0.133. The van der Waals surface area contributed by atoms with E-state index in [9.17, 15) is 9.18 Å². The first kappa shape index (κ1) is 14.0. The zero-order chi connectivity index (χ0) is 14.4. The van der Waals surface area contributed by atoms with Gasteiger partial charge in [0.25, 0.3) is 5.91 Å². The minimum Gasteiger partial charge on any atom is -0.349 e. The number of rotatable bonds is 5. The van der Waals surface area contributed by atoms with Gasteiger partial charge in [-0.15, -0.1) is 0 Å². The molecule has 0 saturated heterocycles. The SMILES string of the molecule is NC/C(=C\F)Cn1ccc(C(=O)Nc2ccccc2)c1. The number of nitrogens with two attached hydrogens (primary N) is 1. The van der Waals surface area contributed by atoms with Crippen LogP contribution in [0.5, 0.6) is 0 Å². The molecule has 1 aromatic heterocycles. The lowest BCUT2D eigenvalue weighted by atomic mass is 10.3. The van der Waals surface area contributed by atoms with E-state index >= 15 is 0 Å². The summed E-state index contributed by atoms with van der Waals surface area (Å²) in [6, 6.07) is 10.9. The number of para-hydroxylation sites is 1. The molecule has 0 unspecified atom stereocenters. The van der Waals surface area contributed by atoms with Gasteiger partial charge in [0.2, 0.25) is 0 Å². The average Bonchev–Trinajstić information content (AvgIpc) is 2.94. The smallest absolute Gasteiger partial charge is 0.257 e. The predicted octanol–water partition coefficient (Wildman–Crippen LogP) is 2.55. The highest BCUT2D eigenvalue weighted by Crippen LogP contribution is 2.10. The number of nitrogens with one attached hydrogen (secondary N) is 1. The lowest BCUT2D eigenvalue weighted by Gasteiger charge is -2.04. The summed E-state index contributed by atoms with van der Waals surface area (Å²) >= 11 is 0. The van der Waals surface area contributed by atoms with E-state index in [-0.39, 0.29) is 12.5 Å². The largest absolute Gasteiger partial charge is 0.349 e. The molecule has 104 valence electrons. The lowest BCUT2D eigenvalue weighted by molar-refractivity contribution is 0.102. The molecule has 1 aromatic carbocycles. The quantitative estimate of drug-likeness (QED) is 0.879. The van der Waals surface area contributed by atoms with E-state index in [1.54, 1.807) is 23.0 Å². The molecule has 0 spiro atoms. The number of hydrogen-bond donors (Lipinski definition) is 2. The lowest BCUT2D eigenvalue weighted by Crippen LogP contribution is -2.11. The van der Waals surface area contributed by atoms with Crippen molar-refractivity contribution in [3.8, 4) is 0 Å². The second kappa shape index (κ2) is 6.68. The Labute approximate surface area is 116 Å². The molecule has 1 heterocycles. The summed E-state index contributed by atoms with van der Waals surface area (Å²) in [6.45, 7) is 0.492. The molecule has 1 amide bonds. The van der Waals surface area contributed by atoms with Crippen LogP contribution in [0.15, 0.2) is 60.7 Å². The Balaban J connectivity index is 2.03. The number of hydrogen-bond acceptors (Lipinski definition) is 2. The Morgan fingerprint density at radius 2 is 2.05 bits per heavy atom. The first-order chi connectivity index (χ1) is 9.72. The average molecular weight is 273 g/mol. The van der Waals surface area contributed by atoms with Crippen LogP contribution in [0, 0.1) is 0 Å². The van der Waals surface area contributed by atoms with Gasteiger partial charge in [-0.25, -0.2) is 4.39 Å². The van der Waals surface area contributed by atoms with Gasteiger partial charge in [-0.05, 0) is 23.8 Å². The van der Waals surface area contributed by atoms with Crippen LogP contribution in [0.2, 0.25) is 0 Å². The fourth-order valence-corrected chi connectivity index (χ4v) is 1.78. The van der Waals surface area contributed by atoms with Gasteiger partial charge in [-0.1, -0.05) is 18.2 Å². The molecule has 0 bridgehead atoms. The second-order valence-corrected chi connectivity index (χ2v) is 4.36. The van der Waals surface area contributed by atoms with E-state index in [1.807, 2.05) is 30.3 Å². The Hall–Kier alpha value is -2.40. The van der Waals surface area contributed by atoms with Gasteiger partial charge < -0.3 is 15.6 Å². The molecule has 3 N–H and O–H groups in total. The predicted molar refractivity (Wildman–Crippen MR) is 77.1 cm³/mol. The highest BCUT2D eigenvalue weighted by atomic mass is 19.1. The molecule has 0 saturated carbocycles. The summed E-state index contributed by atoms with van der Waals surface area (Å²) in [5, 5.41) is 2.79. The number of carbonyl (C=O) groups excluding carboxylic acids is 1. The first-order valence-corrected chi connectivity index (χ1v) is 6.23. The number of carbonyl (C=O) groups is 1. The van der Waals surface area contributed by atoms with Crippen LogP contribution in [-0.4, -0.2) is 17.0 Å². The second-order valence-electron chi connectivity index (χ2n) is 4.36. The molecular weight excluding hydrogens is 257 g/mol. The van der Waals surface area contributed by atoms with Crippen molar-refractivity contribution in [3.63, 3.8) is 0 Å². The Morgan fingerprint density at radius 1 is 1.30 bits per heavy atom. The first-order valence-electron chi connectivity index (χ1n) is 6.23. The van der Waals surface area contributed by atoms with E-state index in [1.165, 1.54) is 0 Å². The third kappa shape index (κ3) is 3.55. The van der Waals surface area contributed by atoms with Gasteiger partial charge in [0.1, 0.15) is 0 Å². The minimum absolute atomic E-state index is 0.153. The molecule has 0 atom stereocenters. The third-order valence-electron chi connectivity index (χ3n) is 2.85. The van der Waals surface area contributed by atoms with Crippen molar-refractivity contribution in [1.82, 2.24) is 4.57 Å². The topological polar surface area (TPSA) is 60.0 Å². The molecule has 0 aliphatic heterocycles. The molecule has 2 aromatic rings. The summed E-state index contributed by atoms with van der Waals surface area (Å²) in [5.41, 5.74) is 7.12. The van der Waals surface area contributed by atoms with E-state index in [0.717, 1.165) is 5.69 Å². The number of nitrogens with zero attached hydrogens (tertiary/aromatic N) is 1. The Morgan fingerprint density at radius 3 is 2.70 bits per heavy atom. The Bertz CT molecular complexity index is 605. The number of benzene rings is 1. The molecule has 0 radical (unpaired) electrons. The molecular formula is C15H16FN3O. The number of halogens is 1. The van der Waals surface area contributed by atoms with Crippen LogP contribution in [0.3, 0.4) is 0 Å². The Kier molecular flexibility index (Phi) is 4.68. The van der Waals surface area contributed by atoms with Crippen LogP contribution in [0.25, 0.3) is 0 Å². The minimum atomic E-state index is -0.200. The van der Waals surface area contributed by atoms with E-state index < -0.39 is 0 Å². The van der Waals surface area contributed by atoms with Crippen molar-refractivity contribution in [1.29, 1.82) is 0 Å². The van der Waals surface area contributed by atoms with Gasteiger partial charge >= 0.3 is 0 Å². The van der Waals surface area contributed by atoms with E-state index in [0.29, 0.717) is 24.0 Å². The summed E-state index contributed by atoms with van der Waals surface area (Å²) in [4.78, 5) is 12.0. The summed E-state index contributed by atoms with van der Waals surface area (Å²) in [7, 11) is 0. The van der Waals surface area contributed by atoms with E-state index in [2.05, 4.69) is 5.32 Å². The molecule has 0 fully saturated rings. The number of amides is 1. The molecule has 5 heteroatoms. The zero-order valence-electron chi connectivity index (χ0n) is 10.9. The summed E-state index contributed by atoms with van der Waals surface area (Å²) in [6.07, 6.45) is 3.89. The number of anilines is 1. The van der Waals surface area contributed by atoms with Crippen molar-refractivity contribution >= 4 is 11.6 Å². The van der Waals surface area contributed by atoms with Crippen LogP contribution in [-0.2, 0) is 6.54 Å². The van der Waals surface area contributed by atoms with Gasteiger partial charge in [0, 0.05) is 31.2 Å². The van der Waals surface area contributed by atoms with Crippen LogP contribution in [0.1, 0.15) is 10.4 Å². The standard InChI is InChI=1S/C15H16FN3O/c16-8-12(9-17)10-19-7-6-13(11-19)15(20)18-14-4-2-1-3-5-14/h1-8,11H,9-10,17H2,(H,18,20)/b12-8+. The molecule has 2 rings (SSSR count). The monoisotopic (exact) mass is 273 g/mol. The highest BCUT2D eigenvalue weighted by Gasteiger charge is 2.08. The van der Waals surface area contributed by atoms with Gasteiger partial charge in [0.15, 0.2) is 0 Å². The van der Waals surface area contributed by atoms with Crippen LogP contribution >= 0.6 is 0 Å². The summed E-state index contributed by atoms with van der Waals surface area (Å²) in [5.74, 6) is -0.200. The zero-order valence-corrected chi connectivity index (χ0v) is 10.9. The maximum absolute atomic E-state index is 12.5. The number of aromatic nitrogens is 1. The molecule has 0 aliphatic rings. The molecule has 20 heavy (non-hydrogen) atoms. The van der Waals surface area contributed by atoms with Crippen molar-refractivity contribution < 1.29 is 9.18 Å². The van der Waals surface area contributed by atoms with Crippen molar-refractivity contribution in [2.24, 2.45) is 5.73 Å². The highest BCUT2D eigenvalue weighted by molar-refractivity contribution is 6.04. The molecule has 4 nitrogen and oxygen atoms in total. The maximum atomic E-state index is 12.5. The van der Waals surface area contributed by atoms with Crippen molar-refractivity contribution in [2.75, 3.05) is 11.9 Å². The van der Waals surface area contributed by atoms with Crippen molar-refractivity contribution in [2.45, 2.75) is 6.54 Å². The van der Waals surface area contributed by atoms with Crippen LogP contribution in [0.4, 0.5) is 10.1 Å².